The van der Waals surface area contributed by atoms with Gasteiger partial charge in [-0.15, -0.1) is 0 Å². The first-order chi connectivity index (χ1) is 10.2. The summed E-state index contributed by atoms with van der Waals surface area (Å²) in [4.78, 5) is 4.73. The van der Waals surface area contributed by atoms with Crippen molar-refractivity contribution in [3.8, 4) is 11.3 Å². The van der Waals surface area contributed by atoms with Crippen LogP contribution >= 0.6 is 0 Å². The molecule has 1 aromatic carbocycles. The van der Waals surface area contributed by atoms with Crippen molar-refractivity contribution in [3.05, 3.63) is 66.5 Å². The molecule has 3 aromatic heterocycles. The van der Waals surface area contributed by atoms with E-state index in [4.69, 9.17) is 4.98 Å². The van der Waals surface area contributed by atoms with Crippen molar-refractivity contribution in [2.45, 2.75) is 6.92 Å². The zero-order chi connectivity index (χ0) is 14.4. The monoisotopic (exact) mass is 274 g/mol. The van der Waals surface area contributed by atoms with Crippen molar-refractivity contribution in [1.29, 1.82) is 0 Å². The van der Waals surface area contributed by atoms with Crippen LogP contribution in [0.4, 0.5) is 0 Å². The van der Waals surface area contributed by atoms with E-state index < -0.39 is 0 Å². The number of pyridine rings is 2. The zero-order valence-electron chi connectivity index (χ0n) is 12.1. The lowest BCUT2D eigenvalue weighted by atomic mass is 10.0. The molecule has 0 saturated carbocycles. The van der Waals surface area contributed by atoms with Gasteiger partial charge in [0, 0.05) is 18.3 Å². The number of hydrogen-bond donors (Lipinski definition) is 0. The lowest BCUT2D eigenvalue weighted by molar-refractivity contribution is -0.660. The van der Waals surface area contributed by atoms with Crippen molar-refractivity contribution in [2.75, 3.05) is 0 Å². The van der Waals surface area contributed by atoms with Crippen LogP contribution in [0, 0.1) is 6.92 Å². The summed E-state index contributed by atoms with van der Waals surface area (Å²) in [6.07, 6.45) is 4.13. The minimum absolute atomic E-state index is 0.987. The summed E-state index contributed by atoms with van der Waals surface area (Å²) in [7, 11) is 2.07. The van der Waals surface area contributed by atoms with Gasteiger partial charge in [0.1, 0.15) is 12.7 Å². The summed E-state index contributed by atoms with van der Waals surface area (Å²) in [5.74, 6) is 0. The molecule has 4 aromatic rings. The molecule has 0 N–H and O–H groups in total. The van der Waals surface area contributed by atoms with E-state index in [1.54, 1.807) is 0 Å². The number of hydrogen-bond acceptors (Lipinski definition) is 1. The van der Waals surface area contributed by atoms with Gasteiger partial charge < -0.3 is 0 Å². The third-order valence-corrected chi connectivity index (χ3v) is 3.99. The Kier molecular flexibility index (Phi) is 2.54. The van der Waals surface area contributed by atoms with E-state index in [1.807, 2.05) is 24.3 Å². The van der Waals surface area contributed by atoms with Crippen molar-refractivity contribution in [3.63, 3.8) is 0 Å². The van der Waals surface area contributed by atoms with Gasteiger partial charge in [-0.1, -0.05) is 6.07 Å². The topological polar surface area (TPSA) is 21.2 Å². The van der Waals surface area contributed by atoms with Crippen LogP contribution in [0.2, 0.25) is 0 Å². The Morgan fingerprint density at radius 2 is 1.90 bits per heavy atom. The van der Waals surface area contributed by atoms with E-state index in [9.17, 15) is 0 Å². The Balaban J connectivity index is 2.06. The van der Waals surface area contributed by atoms with Gasteiger partial charge in [-0.05, 0) is 42.8 Å². The van der Waals surface area contributed by atoms with Crippen LogP contribution in [0.3, 0.4) is 0 Å². The van der Waals surface area contributed by atoms with Crippen LogP contribution in [-0.2, 0) is 7.05 Å². The molecule has 0 aliphatic heterocycles. The quantitative estimate of drug-likeness (QED) is 0.488. The van der Waals surface area contributed by atoms with Crippen molar-refractivity contribution in [2.24, 2.45) is 7.05 Å². The molecule has 0 aliphatic carbocycles. The summed E-state index contributed by atoms with van der Waals surface area (Å²) in [6, 6.07) is 16.8. The number of fused-ring (bicyclic) bond motifs is 3. The summed E-state index contributed by atoms with van der Waals surface area (Å²) >= 11 is 0. The maximum atomic E-state index is 4.73. The molecule has 3 nitrogen and oxygen atoms in total. The van der Waals surface area contributed by atoms with Gasteiger partial charge in [-0.2, -0.15) is 0 Å². The number of nitrogens with zero attached hydrogens (tertiary/aromatic N) is 3. The van der Waals surface area contributed by atoms with E-state index in [0.29, 0.717) is 0 Å². The molecule has 3 heteroatoms. The third-order valence-electron chi connectivity index (χ3n) is 3.99. The number of aromatic nitrogens is 3. The fourth-order valence-corrected chi connectivity index (χ4v) is 2.90. The molecule has 3 heterocycles. The first-order valence-corrected chi connectivity index (χ1v) is 7.06. The van der Waals surface area contributed by atoms with E-state index in [-0.39, 0.29) is 0 Å². The maximum absolute atomic E-state index is 4.73. The first kappa shape index (κ1) is 12.1. The predicted octanol–water partition coefficient (Wildman–Crippen LogP) is 3.29. The van der Waals surface area contributed by atoms with Crippen LogP contribution in [0.15, 0.2) is 60.9 Å². The molecule has 21 heavy (non-hydrogen) atoms. The Hall–Kier alpha value is -2.68. The average Bonchev–Trinajstić information content (AvgIpc) is 2.85. The van der Waals surface area contributed by atoms with Crippen molar-refractivity contribution in [1.82, 2.24) is 9.38 Å². The molecule has 4 rings (SSSR count). The molecule has 0 aliphatic rings. The van der Waals surface area contributed by atoms with E-state index in [0.717, 1.165) is 16.7 Å². The molecule has 102 valence electrons. The number of benzene rings is 1. The van der Waals surface area contributed by atoms with Crippen molar-refractivity contribution >= 4 is 16.7 Å². The van der Waals surface area contributed by atoms with Crippen LogP contribution < -0.4 is 4.57 Å². The Bertz CT molecular complexity index is 967. The second-order valence-electron chi connectivity index (χ2n) is 5.39. The highest BCUT2D eigenvalue weighted by molar-refractivity contribution is 5.86. The van der Waals surface area contributed by atoms with Gasteiger partial charge in [0.15, 0.2) is 6.20 Å². The maximum Gasteiger partial charge on any atom is 0.212 e. The van der Waals surface area contributed by atoms with Gasteiger partial charge in [0.2, 0.25) is 5.69 Å². The van der Waals surface area contributed by atoms with Gasteiger partial charge in [-0.3, -0.25) is 4.40 Å². The lowest BCUT2D eigenvalue weighted by Crippen LogP contribution is -2.30. The van der Waals surface area contributed by atoms with Gasteiger partial charge in [0.25, 0.3) is 0 Å². The van der Waals surface area contributed by atoms with Crippen LogP contribution in [0.5, 0.6) is 0 Å². The number of aryl methyl sites for hydroxylation is 2. The number of imidazole rings is 1. The molecule has 0 saturated heterocycles. The normalized spacial score (nSPS) is 11.3. The molecule has 0 bridgehead atoms. The molecule has 0 amide bonds. The summed E-state index contributed by atoms with van der Waals surface area (Å²) < 4.78 is 4.28. The summed E-state index contributed by atoms with van der Waals surface area (Å²) in [6.45, 7) is 2.16. The van der Waals surface area contributed by atoms with Gasteiger partial charge >= 0.3 is 0 Å². The Labute approximate surface area is 123 Å². The van der Waals surface area contributed by atoms with E-state index in [2.05, 4.69) is 59.6 Å². The van der Waals surface area contributed by atoms with Crippen LogP contribution in [-0.4, -0.2) is 9.38 Å². The van der Waals surface area contributed by atoms with Gasteiger partial charge in [-0.25, -0.2) is 9.55 Å². The van der Waals surface area contributed by atoms with Crippen LogP contribution in [0.1, 0.15) is 5.56 Å². The average molecular weight is 274 g/mol. The highest BCUT2D eigenvalue weighted by Gasteiger charge is 2.14. The smallest absolute Gasteiger partial charge is 0.212 e. The SMILES string of the molecule is Cc1cc2c(cc1-c1cccc[n+]1C)nc1ccccn12. The van der Waals surface area contributed by atoms with Crippen molar-refractivity contribution < 1.29 is 4.57 Å². The minimum atomic E-state index is 0.987. The molecular weight excluding hydrogens is 258 g/mol. The first-order valence-electron chi connectivity index (χ1n) is 7.06. The fourth-order valence-electron chi connectivity index (χ4n) is 2.90. The molecule has 0 radical (unpaired) electrons. The molecule has 0 spiro atoms. The largest absolute Gasteiger partial charge is 0.300 e. The molecule has 0 unspecified atom stereocenters. The summed E-state index contributed by atoms with van der Waals surface area (Å²) in [5.41, 5.74) is 6.87. The Morgan fingerprint density at radius 3 is 2.76 bits per heavy atom. The molecular formula is C18H16N3+. The highest BCUT2D eigenvalue weighted by atomic mass is 15.0. The van der Waals surface area contributed by atoms with Crippen LogP contribution in [0.25, 0.3) is 27.9 Å². The highest BCUT2D eigenvalue weighted by Crippen LogP contribution is 2.26. The zero-order valence-corrected chi connectivity index (χ0v) is 12.1. The van der Waals surface area contributed by atoms with Gasteiger partial charge in [0.05, 0.1) is 16.6 Å². The fraction of sp³-hybridized carbons (Fsp3) is 0.111. The summed E-state index contributed by atoms with van der Waals surface area (Å²) in [5, 5.41) is 0. The van der Waals surface area contributed by atoms with E-state index >= 15 is 0 Å². The second kappa shape index (κ2) is 4.42. The lowest BCUT2D eigenvalue weighted by Gasteiger charge is -2.04. The third kappa shape index (κ3) is 1.82. The predicted molar refractivity (Wildman–Crippen MR) is 84.0 cm³/mol. The molecule has 0 fully saturated rings. The van der Waals surface area contributed by atoms with E-state index in [1.165, 1.54) is 16.8 Å². The number of rotatable bonds is 1. The standard InChI is InChI=1S/C18H16N3/c1-13-11-17-15(19-18-8-4-6-10-21(17)18)12-14(13)16-7-3-5-9-20(16)2/h3-12H,1-2H3/q+1. The molecule has 0 atom stereocenters. The second-order valence-corrected chi connectivity index (χ2v) is 5.39. The minimum Gasteiger partial charge on any atom is -0.300 e. The Morgan fingerprint density at radius 1 is 1.05 bits per heavy atom.